The number of H-pyrrole nitrogens is 1. The molecule has 0 unspecified atom stereocenters. The first-order valence-electron chi connectivity index (χ1n) is 5.42. The van der Waals surface area contributed by atoms with Gasteiger partial charge in [-0.2, -0.15) is 0 Å². The van der Waals surface area contributed by atoms with Crippen LogP contribution in [0.2, 0.25) is 0 Å². The Morgan fingerprint density at radius 1 is 1.33 bits per heavy atom. The molecule has 0 atom stereocenters. The van der Waals surface area contributed by atoms with Gasteiger partial charge in [0.05, 0.1) is 0 Å². The van der Waals surface area contributed by atoms with Crippen LogP contribution in [0.25, 0.3) is 0 Å². The predicted molar refractivity (Wildman–Crippen MR) is 69.9 cm³/mol. The number of rotatable bonds is 0. The fraction of sp³-hybridized carbons (Fsp3) is 0.167. The summed E-state index contributed by atoms with van der Waals surface area (Å²) in [5, 5.41) is 0. The minimum atomic E-state index is -0.609. The Morgan fingerprint density at radius 3 is 2.61 bits per heavy atom. The van der Waals surface area contributed by atoms with Crippen LogP contribution < -0.4 is 22.8 Å². The van der Waals surface area contributed by atoms with Gasteiger partial charge < -0.3 is 11.6 Å². The molecule has 0 spiro atoms. The van der Waals surface area contributed by atoms with Crippen molar-refractivity contribution in [3.05, 3.63) is 61.9 Å². The lowest BCUT2D eigenvalue weighted by molar-refractivity contribution is 0.856. The highest BCUT2D eigenvalue weighted by Crippen LogP contribution is 2.34. The van der Waals surface area contributed by atoms with Gasteiger partial charge in [0.15, 0.2) is 0 Å². The summed E-state index contributed by atoms with van der Waals surface area (Å²) >= 11 is 0. The minimum absolute atomic E-state index is 0.443. The molecular weight excluding hydrogens is 232 g/mol. The van der Waals surface area contributed by atoms with Crippen LogP contribution in [0.5, 0.6) is 0 Å². The highest BCUT2D eigenvalue weighted by Gasteiger charge is 2.19. The van der Waals surface area contributed by atoms with Gasteiger partial charge in [0.2, 0.25) is 0 Å². The van der Waals surface area contributed by atoms with Gasteiger partial charge in [-0.05, 0) is 29.7 Å². The monoisotopic (exact) mass is 246 g/mol. The summed E-state index contributed by atoms with van der Waals surface area (Å²) in [6.07, 6.45) is 2.32. The quantitative estimate of drug-likeness (QED) is 0.375. The van der Waals surface area contributed by atoms with Crippen molar-refractivity contribution in [3.8, 4) is 0 Å². The largest absolute Gasteiger partial charge is 0.398 e. The van der Waals surface area contributed by atoms with Crippen LogP contribution in [-0.4, -0.2) is 9.66 Å². The first kappa shape index (κ1) is 12.0. The fourth-order valence-electron chi connectivity index (χ4n) is 1.65. The van der Waals surface area contributed by atoms with E-state index in [2.05, 4.69) is 13.0 Å². The van der Waals surface area contributed by atoms with Gasteiger partial charge in [-0.1, -0.05) is 6.07 Å². The number of anilines is 1. The Bertz CT molecular complexity index is 699. The fourth-order valence-corrected chi connectivity index (χ4v) is 1.65. The zero-order valence-electron chi connectivity index (χ0n) is 9.93. The van der Waals surface area contributed by atoms with Crippen LogP contribution in [0, 0.1) is 6.92 Å². The normalized spacial score (nSPS) is 11.2. The zero-order chi connectivity index (χ0) is 13.3. The van der Waals surface area contributed by atoms with Gasteiger partial charge in [-0.3, -0.25) is 9.78 Å². The van der Waals surface area contributed by atoms with Crippen LogP contribution in [0.4, 0.5) is 5.69 Å². The number of aromatic amines is 1. The van der Waals surface area contributed by atoms with Crippen molar-refractivity contribution in [3.63, 3.8) is 0 Å². The second kappa shape index (κ2) is 4.40. The standard InChI is InChI=1S/C8H9N.C4H5N3O2/c1-5-2-6-4-7(6)8(9)3-5;5-7-2-1-3(8)6-4(7)9/h2-3H,4,9H2,1H3;1-2H,5H2,(H,6,8,9). The summed E-state index contributed by atoms with van der Waals surface area (Å²) in [6.45, 7) is 2.08. The molecule has 1 aliphatic carbocycles. The van der Waals surface area contributed by atoms with Crippen molar-refractivity contribution in [2.45, 2.75) is 13.3 Å². The third-order valence-corrected chi connectivity index (χ3v) is 2.61. The maximum absolute atomic E-state index is 10.4. The summed E-state index contributed by atoms with van der Waals surface area (Å²) in [5.74, 6) is 5.02. The van der Waals surface area contributed by atoms with Crippen molar-refractivity contribution >= 4 is 5.69 Å². The predicted octanol–water partition coefficient (Wildman–Crippen LogP) is -0.268. The van der Waals surface area contributed by atoms with E-state index in [1.54, 1.807) is 0 Å². The Labute approximate surface area is 103 Å². The van der Waals surface area contributed by atoms with Crippen molar-refractivity contribution in [1.82, 2.24) is 9.66 Å². The maximum Gasteiger partial charge on any atom is 0.346 e. The summed E-state index contributed by atoms with van der Waals surface area (Å²) in [4.78, 5) is 22.7. The van der Waals surface area contributed by atoms with Gasteiger partial charge in [0, 0.05) is 24.4 Å². The average Bonchev–Trinajstić information content (AvgIpc) is 3.04. The Kier molecular flexibility index (Phi) is 2.93. The molecule has 18 heavy (non-hydrogen) atoms. The highest BCUT2D eigenvalue weighted by atomic mass is 16.2. The molecule has 3 rings (SSSR count). The van der Waals surface area contributed by atoms with Crippen LogP contribution in [0.1, 0.15) is 16.7 Å². The summed E-state index contributed by atoms with van der Waals surface area (Å²) in [6, 6.07) is 5.40. The van der Waals surface area contributed by atoms with E-state index in [0.717, 1.165) is 16.8 Å². The lowest BCUT2D eigenvalue weighted by Gasteiger charge is -1.90. The molecule has 2 aromatic rings. The van der Waals surface area contributed by atoms with Gasteiger partial charge in [-0.15, -0.1) is 0 Å². The number of nitrogen functional groups attached to an aromatic ring is 2. The SMILES string of the molecule is Cc1cc(N)c2c(c1)C2.Nn1ccc(=O)[nH]c1=O. The average molecular weight is 246 g/mol. The molecule has 94 valence electrons. The van der Waals surface area contributed by atoms with Crippen LogP contribution >= 0.6 is 0 Å². The van der Waals surface area contributed by atoms with E-state index in [1.165, 1.54) is 29.0 Å². The molecule has 1 aromatic heterocycles. The third kappa shape index (κ3) is 2.60. The van der Waals surface area contributed by atoms with Crippen molar-refractivity contribution in [2.75, 3.05) is 11.6 Å². The van der Waals surface area contributed by atoms with E-state index in [4.69, 9.17) is 11.6 Å². The maximum atomic E-state index is 10.4. The topological polar surface area (TPSA) is 107 Å². The van der Waals surface area contributed by atoms with E-state index in [0.29, 0.717) is 0 Å². The van der Waals surface area contributed by atoms with E-state index < -0.39 is 11.2 Å². The molecular formula is C12H14N4O2. The number of aromatic nitrogens is 2. The lowest BCUT2D eigenvalue weighted by atomic mass is 10.2. The molecule has 0 fully saturated rings. The lowest BCUT2D eigenvalue weighted by Crippen LogP contribution is -2.33. The molecule has 1 aromatic carbocycles. The second-order valence-corrected chi connectivity index (χ2v) is 4.19. The molecule has 0 amide bonds. The van der Waals surface area contributed by atoms with Crippen LogP contribution in [-0.2, 0) is 6.42 Å². The number of fused-ring (bicyclic) bond motifs is 1. The summed E-state index contributed by atoms with van der Waals surface area (Å²) in [5.41, 5.74) is 9.68. The molecule has 1 heterocycles. The number of hydrogen-bond donors (Lipinski definition) is 3. The molecule has 0 bridgehead atoms. The highest BCUT2D eigenvalue weighted by molar-refractivity contribution is 5.63. The Morgan fingerprint density at radius 2 is 2.06 bits per heavy atom. The summed E-state index contributed by atoms with van der Waals surface area (Å²) < 4.78 is 0.793. The number of hydrogen-bond acceptors (Lipinski definition) is 4. The number of nitrogens with zero attached hydrogens (tertiary/aromatic N) is 1. The minimum Gasteiger partial charge on any atom is -0.398 e. The first-order valence-corrected chi connectivity index (χ1v) is 5.42. The number of aryl methyl sites for hydroxylation is 1. The van der Waals surface area contributed by atoms with E-state index in [-0.39, 0.29) is 0 Å². The first-order chi connectivity index (χ1) is 8.47. The van der Waals surface area contributed by atoms with Crippen molar-refractivity contribution in [2.24, 2.45) is 0 Å². The molecule has 5 N–H and O–H groups in total. The van der Waals surface area contributed by atoms with E-state index in [9.17, 15) is 9.59 Å². The van der Waals surface area contributed by atoms with E-state index >= 15 is 0 Å². The van der Waals surface area contributed by atoms with Gasteiger partial charge >= 0.3 is 5.69 Å². The Hall–Kier alpha value is -2.50. The smallest absolute Gasteiger partial charge is 0.346 e. The number of nitrogens with two attached hydrogens (primary N) is 2. The molecule has 0 saturated heterocycles. The Balaban J connectivity index is 0.000000134. The third-order valence-electron chi connectivity index (χ3n) is 2.61. The molecule has 1 aliphatic rings. The molecule has 0 saturated carbocycles. The summed E-state index contributed by atoms with van der Waals surface area (Å²) in [7, 11) is 0. The molecule has 0 radical (unpaired) electrons. The number of benzene rings is 1. The van der Waals surface area contributed by atoms with Crippen LogP contribution in [0.15, 0.2) is 34.0 Å². The van der Waals surface area contributed by atoms with Gasteiger partial charge in [-0.25, -0.2) is 9.47 Å². The van der Waals surface area contributed by atoms with Crippen molar-refractivity contribution in [1.29, 1.82) is 0 Å². The number of nitrogens with one attached hydrogen (secondary N) is 1. The van der Waals surface area contributed by atoms with E-state index in [1.807, 2.05) is 11.1 Å². The molecule has 0 aliphatic heterocycles. The van der Waals surface area contributed by atoms with Crippen LogP contribution in [0.3, 0.4) is 0 Å². The van der Waals surface area contributed by atoms with Crippen molar-refractivity contribution < 1.29 is 0 Å². The second-order valence-electron chi connectivity index (χ2n) is 4.19. The molecule has 6 heteroatoms. The van der Waals surface area contributed by atoms with Gasteiger partial charge in [0.1, 0.15) is 0 Å². The molecule has 6 nitrogen and oxygen atoms in total. The zero-order valence-corrected chi connectivity index (χ0v) is 9.93. The van der Waals surface area contributed by atoms with Gasteiger partial charge in [0.25, 0.3) is 5.56 Å².